The number of benzene rings is 4. The molecule has 0 radical (unpaired) electrons. The fraction of sp³-hybridized carbons (Fsp3) is 0. The first kappa shape index (κ1) is 22.2. The van der Waals surface area contributed by atoms with Gasteiger partial charge >= 0.3 is 0 Å². The van der Waals surface area contributed by atoms with Gasteiger partial charge in [0, 0.05) is 37.9 Å². The van der Waals surface area contributed by atoms with Crippen LogP contribution >= 0.6 is 15.9 Å². The van der Waals surface area contributed by atoms with Gasteiger partial charge in [-0.25, -0.2) is 0 Å². The van der Waals surface area contributed by atoms with Gasteiger partial charge in [0.15, 0.2) is 5.78 Å². The van der Waals surface area contributed by atoms with E-state index >= 15 is 0 Å². The Hall–Kier alpha value is -5.27. The summed E-state index contributed by atoms with van der Waals surface area (Å²) in [4.78, 5) is 14.3. The second-order valence-corrected chi connectivity index (χ2v) is 9.41. The predicted molar refractivity (Wildman–Crippen MR) is 142 cm³/mol. The molecule has 2 aliphatic rings. The topological polar surface area (TPSA) is 112 Å². The first-order valence-electron chi connectivity index (χ1n) is 11.2. The average molecular weight is 535 g/mol. The Bertz CT molecular complexity index is 1890. The van der Waals surface area contributed by atoms with Gasteiger partial charge in [0.1, 0.15) is 24.3 Å². The third-order valence-corrected chi connectivity index (χ3v) is 7.55. The van der Waals surface area contributed by atoms with Crippen molar-refractivity contribution in [1.82, 2.24) is 0 Å². The zero-order chi connectivity index (χ0) is 25.8. The van der Waals surface area contributed by atoms with Crippen LogP contribution in [0.3, 0.4) is 0 Å². The summed E-state index contributed by atoms with van der Waals surface area (Å²) in [5, 5.41) is 41.2. The molecule has 0 bridgehead atoms. The van der Waals surface area contributed by atoms with Crippen LogP contribution in [-0.4, -0.2) is 5.78 Å². The summed E-state index contributed by atoms with van der Waals surface area (Å²) in [5.41, 5.74) is 4.96. The van der Waals surface area contributed by atoms with Gasteiger partial charge in [0.05, 0.1) is 22.3 Å². The van der Waals surface area contributed by atoms with E-state index in [4.69, 9.17) is 0 Å². The lowest BCUT2D eigenvalue weighted by Crippen LogP contribution is -2.06. The van der Waals surface area contributed by atoms with E-state index < -0.39 is 0 Å². The maximum Gasteiger partial charge on any atom is 0.195 e. The summed E-state index contributed by atoms with van der Waals surface area (Å²) >= 11 is 3.63. The van der Waals surface area contributed by atoms with E-state index in [1.54, 1.807) is 36.4 Å². The highest BCUT2D eigenvalue weighted by molar-refractivity contribution is 9.10. The lowest BCUT2D eigenvalue weighted by atomic mass is 9.88. The number of nitrogens with zero attached hydrogens (tertiary/aromatic N) is 4. The number of hydrogen-bond acceptors (Lipinski definition) is 5. The molecule has 0 amide bonds. The molecule has 6 heteroatoms. The van der Waals surface area contributed by atoms with Crippen LogP contribution in [-0.2, 0) is 4.79 Å². The highest BCUT2D eigenvalue weighted by atomic mass is 79.9. The van der Waals surface area contributed by atoms with E-state index in [0.29, 0.717) is 33.4 Å². The molecule has 0 atom stereocenters. The van der Waals surface area contributed by atoms with E-state index in [1.807, 2.05) is 30.3 Å². The van der Waals surface area contributed by atoms with Crippen LogP contribution in [0.25, 0.3) is 33.1 Å². The molecule has 0 saturated heterocycles. The first-order valence-corrected chi connectivity index (χ1v) is 12.0. The van der Waals surface area contributed by atoms with E-state index in [-0.39, 0.29) is 28.0 Å². The van der Waals surface area contributed by atoms with Crippen molar-refractivity contribution in [2.24, 2.45) is 0 Å². The van der Waals surface area contributed by atoms with Crippen LogP contribution in [0.1, 0.15) is 44.5 Å². The third-order valence-electron chi connectivity index (χ3n) is 6.86. The minimum Gasteiger partial charge on any atom is -0.289 e. The largest absolute Gasteiger partial charge is 0.289 e. The van der Waals surface area contributed by atoms with Crippen LogP contribution < -0.4 is 0 Å². The van der Waals surface area contributed by atoms with Crippen molar-refractivity contribution in [3.05, 3.63) is 116 Å². The fourth-order valence-electron chi connectivity index (χ4n) is 5.39. The zero-order valence-corrected chi connectivity index (χ0v) is 20.5. The lowest BCUT2D eigenvalue weighted by molar-refractivity contribution is -0.108. The van der Waals surface area contributed by atoms with Gasteiger partial charge in [-0.15, -0.1) is 0 Å². The summed E-state index contributed by atoms with van der Waals surface area (Å²) in [6.07, 6.45) is 0. The Morgan fingerprint density at radius 2 is 1.03 bits per heavy atom. The van der Waals surface area contributed by atoms with E-state index in [2.05, 4.69) is 40.2 Å². The highest BCUT2D eigenvalue weighted by Crippen LogP contribution is 2.57. The Morgan fingerprint density at radius 3 is 1.54 bits per heavy atom. The van der Waals surface area contributed by atoms with Crippen LogP contribution in [0.4, 0.5) is 0 Å². The third kappa shape index (κ3) is 2.89. The number of allylic oxidation sites excluding steroid dienone is 4. The Labute approximate surface area is 220 Å². The summed E-state index contributed by atoms with van der Waals surface area (Å²) in [5.74, 6) is -0.353. The van der Waals surface area contributed by atoms with Crippen molar-refractivity contribution in [2.75, 3.05) is 0 Å². The molecule has 0 saturated carbocycles. The maximum absolute atomic E-state index is 14.3. The zero-order valence-electron chi connectivity index (χ0n) is 18.9. The highest BCUT2D eigenvalue weighted by Gasteiger charge is 2.42. The average Bonchev–Trinajstić information content (AvgIpc) is 3.41. The number of fused-ring (bicyclic) bond motifs is 3. The summed E-state index contributed by atoms with van der Waals surface area (Å²) in [6, 6.07) is 27.8. The molecule has 37 heavy (non-hydrogen) atoms. The Morgan fingerprint density at radius 1 is 0.541 bits per heavy atom. The summed E-state index contributed by atoms with van der Waals surface area (Å²) in [6.45, 7) is 0. The molecule has 6 rings (SSSR count). The summed E-state index contributed by atoms with van der Waals surface area (Å²) in [7, 11) is 0. The first-order chi connectivity index (χ1) is 18.0. The number of halogens is 1. The molecule has 168 valence electrons. The molecule has 0 spiro atoms. The van der Waals surface area contributed by atoms with Crippen molar-refractivity contribution >= 4 is 54.8 Å². The molecular weight excluding hydrogens is 524 g/mol. The molecule has 0 heterocycles. The minimum atomic E-state index is -0.353. The molecule has 2 aliphatic carbocycles. The van der Waals surface area contributed by atoms with Crippen molar-refractivity contribution in [3.8, 4) is 24.3 Å². The molecule has 0 unspecified atom stereocenters. The van der Waals surface area contributed by atoms with Crippen molar-refractivity contribution < 1.29 is 4.79 Å². The predicted octanol–water partition coefficient (Wildman–Crippen LogP) is 6.51. The smallest absolute Gasteiger partial charge is 0.195 e. The van der Waals surface area contributed by atoms with Gasteiger partial charge in [0.2, 0.25) is 0 Å². The molecule has 0 aromatic heterocycles. The molecule has 0 N–H and O–H groups in total. The Balaban J connectivity index is 1.81. The lowest BCUT2D eigenvalue weighted by Gasteiger charge is -2.12. The number of ketones is 1. The van der Waals surface area contributed by atoms with Crippen LogP contribution in [0.5, 0.6) is 0 Å². The molecule has 0 fully saturated rings. The second kappa shape index (κ2) is 8.15. The van der Waals surface area contributed by atoms with Gasteiger partial charge in [0.25, 0.3) is 0 Å². The number of carbonyl (C=O) groups excluding carboxylic acids is 1. The molecule has 0 aliphatic heterocycles. The number of hydrogen-bond donors (Lipinski definition) is 0. The molecule has 4 aromatic carbocycles. The normalized spacial score (nSPS) is 13.3. The SMILES string of the molecule is N#Cc1cccc(C2=C3C(=C(c4cccc(C#N)c4C#N)C2=O)c2ccc(Br)c4cccc3c24)c1C#N. The minimum absolute atomic E-state index is 0.122. The monoisotopic (exact) mass is 534 g/mol. The standard InChI is InChI=1S/C31H11BrN4O/c32-25-11-10-22-26-20(25)8-3-9-21(26)27-28(22)30(19-7-2-5-17(13-34)24(19)15-36)31(37)29(27)18-6-1-4-16(12-33)23(18)14-35/h1-11H. The molecular formula is C31H11BrN4O. The van der Waals surface area contributed by atoms with Crippen molar-refractivity contribution in [2.45, 2.75) is 0 Å². The van der Waals surface area contributed by atoms with E-state index in [9.17, 15) is 25.8 Å². The van der Waals surface area contributed by atoms with Crippen LogP contribution in [0, 0.1) is 45.3 Å². The fourth-order valence-corrected chi connectivity index (χ4v) is 5.85. The van der Waals surface area contributed by atoms with Crippen LogP contribution in [0.15, 0.2) is 71.2 Å². The molecule has 4 aromatic rings. The van der Waals surface area contributed by atoms with E-state index in [0.717, 1.165) is 26.4 Å². The Kier molecular flexibility index (Phi) is 4.89. The van der Waals surface area contributed by atoms with Gasteiger partial charge in [-0.2, -0.15) is 21.0 Å². The number of Topliss-reactive ketones (excluding diaryl/α,β-unsaturated/α-hetero) is 1. The van der Waals surface area contributed by atoms with Gasteiger partial charge in [-0.05, 0) is 40.1 Å². The van der Waals surface area contributed by atoms with Gasteiger partial charge in [-0.3, -0.25) is 4.79 Å². The van der Waals surface area contributed by atoms with E-state index in [1.165, 1.54) is 0 Å². The van der Waals surface area contributed by atoms with Gasteiger partial charge in [-0.1, -0.05) is 64.5 Å². The number of nitriles is 4. The second-order valence-electron chi connectivity index (χ2n) is 8.56. The van der Waals surface area contributed by atoms with Crippen molar-refractivity contribution in [3.63, 3.8) is 0 Å². The van der Waals surface area contributed by atoms with Crippen molar-refractivity contribution in [1.29, 1.82) is 21.0 Å². The molecule has 5 nitrogen and oxygen atoms in total. The number of carbonyl (C=O) groups is 1. The maximum atomic E-state index is 14.3. The van der Waals surface area contributed by atoms with Crippen LogP contribution in [0.2, 0.25) is 0 Å². The van der Waals surface area contributed by atoms with Gasteiger partial charge < -0.3 is 0 Å². The quantitative estimate of drug-likeness (QED) is 0.291. The summed E-state index contributed by atoms with van der Waals surface area (Å²) < 4.78 is 0.900. The number of rotatable bonds is 2.